The first kappa shape index (κ1) is 14.2. The van der Waals surface area contributed by atoms with Crippen LogP contribution in [0.3, 0.4) is 0 Å². The lowest BCUT2D eigenvalue weighted by Gasteiger charge is -2.12. The molecule has 2 heteroatoms. The van der Waals surface area contributed by atoms with E-state index in [2.05, 4.69) is 55.6 Å². The second-order valence-corrected chi connectivity index (χ2v) is 5.98. The van der Waals surface area contributed by atoms with Gasteiger partial charge in [0.1, 0.15) is 5.75 Å². The fraction of sp³-hybridized carbons (Fsp3) is 0.368. The summed E-state index contributed by atoms with van der Waals surface area (Å²) in [5.74, 6) is 0.968. The minimum absolute atomic E-state index is 0.708. The SMILES string of the molecule is COc1ccc(-c2ccc(C)c(C)c2)cc1CNC1CC1. The smallest absolute Gasteiger partial charge is 0.123 e. The van der Waals surface area contributed by atoms with Crippen molar-refractivity contribution in [2.24, 2.45) is 0 Å². The molecule has 0 bridgehead atoms. The lowest BCUT2D eigenvalue weighted by molar-refractivity contribution is 0.407. The predicted octanol–water partition coefficient (Wildman–Crippen LogP) is 4.23. The molecule has 110 valence electrons. The van der Waals surface area contributed by atoms with E-state index < -0.39 is 0 Å². The zero-order valence-corrected chi connectivity index (χ0v) is 13.1. The summed E-state index contributed by atoms with van der Waals surface area (Å²) in [7, 11) is 1.74. The van der Waals surface area contributed by atoms with E-state index in [1.165, 1.54) is 40.7 Å². The summed E-state index contributed by atoms with van der Waals surface area (Å²) in [6, 6.07) is 13.8. The maximum Gasteiger partial charge on any atom is 0.123 e. The molecule has 0 spiro atoms. The van der Waals surface area contributed by atoms with Gasteiger partial charge in [-0.05, 0) is 61.1 Å². The second-order valence-electron chi connectivity index (χ2n) is 5.98. The van der Waals surface area contributed by atoms with Crippen LogP contribution in [0.4, 0.5) is 0 Å². The van der Waals surface area contributed by atoms with Gasteiger partial charge >= 0.3 is 0 Å². The van der Waals surface area contributed by atoms with Gasteiger partial charge in [0.15, 0.2) is 0 Å². The van der Waals surface area contributed by atoms with Crippen LogP contribution in [-0.4, -0.2) is 13.2 Å². The molecule has 2 aromatic carbocycles. The molecule has 1 saturated carbocycles. The zero-order chi connectivity index (χ0) is 14.8. The van der Waals surface area contributed by atoms with Crippen molar-refractivity contribution in [1.29, 1.82) is 0 Å². The van der Waals surface area contributed by atoms with Crippen LogP contribution in [-0.2, 0) is 6.54 Å². The van der Waals surface area contributed by atoms with Gasteiger partial charge in [-0.2, -0.15) is 0 Å². The van der Waals surface area contributed by atoms with E-state index in [1.807, 2.05) is 0 Å². The van der Waals surface area contributed by atoms with Gasteiger partial charge < -0.3 is 10.1 Å². The molecule has 0 atom stereocenters. The van der Waals surface area contributed by atoms with E-state index >= 15 is 0 Å². The third-order valence-electron chi connectivity index (χ3n) is 4.28. The van der Waals surface area contributed by atoms with Crippen LogP contribution >= 0.6 is 0 Å². The lowest BCUT2D eigenvalue weighted by Crippen LogP contribution is -2.15. The summed E-state index contributed by atoms with van der Waals surface area (Å²) in [5, 5.41) is 3.57. The van der Waals surface area contributed by atoms with Gasteiger partial charge in [-0.3, -0.25) is 0 Å². The molecule has 1 aliphatic carbocycles. The number of ether oxygens (including phenoxy) is 1. The van der Waals surface area contributed by atoms with E-state index in [-0.39, 0.29) is 0 Å². The molecule has 1 N–H and O–H groups in total. The quantitative estimate of drug-likeness (QED) is 0.885. The highest BCUT2D eigenvalue weighted by molar-refractivity contribution is 5.67. The number of benzene rings is 2. The fourth-order valence-corrected chi connectivity index (χ4v) is 2.56. The van der Waals surface area contributed by atoms with Crippen molar-refractivity contribution >= 4 is 0 Å². The topological polar surface area (TPSA) is 21.3 Å². The highest BCUT2D eigenvalue weighted by Crippen LogP contribution is 2.29. The number of hydrogen-bond acceptors (Lipinski definition) is 2. The Morgan fingerprint density at radius 3 is 2.38 bits per heavy atom. The molecule has 0 amide bonds. The summed E-state index contributed by atoms with van der Waals surface area (Å²) < 4.78 is 5.49. The highest BCUT2D eigenvalue weighted by Gasteiger charge is 2.20. The van der Waals surface area contributed by atoms with Crippen molar-refractivity contribution in [3.63, 3.8) is 0 Å². The van der Waals surface area contributed by atoms with Crippen molar-refractivity contribution < 1.29 is 4.74 Å². The molecule has 0 aromatic heterocycles. The van der Waals surface area contributed by atoms with Crippen molar-refractivity contribution in [2.75, 3.05) is 7.11 Å². The minimum atomic E-state index is 0.708. The Hall–Kier alpha value is -1.80. The summed E-state index contributed by atoms with van der Waals surface area (Å²) >= 11 is 0. The van der Waals surface area contributed by atoms with Crippen LogP contribution in [0.25, 0.3) is 11.1 Å². The van der Waals surface area contributed by atoms with Crippen LogP contribution in [0.2, 0.25) is 0 Å². The van der Waals surface area contributed by atoms with E-state index in [0.717, 1.165) is 12.3 Å². The molecule has 3 rings (SSSR count). The first-order chi connectivity index (χ1) is 10.2. The van der Waals surface area contributed by atoms with Crippen molar-refractivity contribution in [2.45, 2.75) is 39.3 Å². The van der Waals surface area contributed by atoms with Gasteiger partial charge in [0.2, 0.25) is 0 Å². The van der Waals surface area contributed by atoms with E-state index in [9.17, 15) is 0 Å². The Labute approximate surface area is 127 Å². The minimum Gasteiger partial charge on any atom is -0.496 e. The molecule has 1 aliphatic rings. The standard InChI is InChI=1S/C19H23NO/c1-13-4-5-15(10-14(13)2)16-6-9-19(21-3)17(11-16)12-20-18-7-8-18/h4-6,9-11,18,20H,7-8,12H2,1-3H3. The number of methoxy groups -OCH3 is 1. The maximum absolute atomic E-state index is 5.49. The second kappa shape index (κ2) is 5.90. The van der Waals surface area contributed by atoms with Crippen LogP contribution in [0.5, 0.6) is 5.75 Å². The van der Waals surface area contributed by atoms with E-state index in [0.29, 0.717) is 6.04 Å². The van der Waals surface area contributed by atoms with Gasteiger partial charge in [-0.1, -0.05) is 24.3 Å². The molecule has 2 aromatic rings. The molecule has 0 radical (unpaired) electrons. The van der Waals surface area contributed by atoms with Crippen LogP contribution in [0, 0.1) is 13.8 Å². The van der Waals surface area contributed by atoms with Crippen LogP contribution < -0.4 is 10.1 Å². The molecule has 2 nitrogen and oxygen atoms in total. The first-order valence-electron chi connectivity index (χ1n) is 7.65. The number of hydrogen-bond donors (Lipinski definition) is 1. The molecule has 0 aliphatic heterocycles. The first-order valence-corrected chi connectivity index (χ1v) is 7.65. The van der Waals surface area contributed by atoms with Crippen LogP contribution in [0.15, 0.2) is 36.4 Å². The fourth-order valence-electron chi connectivity index (χ4n) is 2.56. The third kappa shape index (κ3) is 3.27. The molecule has 1 fully saturated rings. The average Bonchev–Trinajstić information content (AvgIpc) is 3.32. The molecule has 0 unspecified atom stereocenters. The van der Waals surface area contributed by atoms with Crippen molar-refractivity contribution in [3.8, 4) is 16.9 Å². The lowest BCUT2D eigenvalue weighted by atomic mass is 9.98. The molecular formula is C19H23NO. The Balaban J connectivity index is 1.90. The number of aryl methyl sites for hydroxylation is 2. The number of rotatable bonds is 5. The molecule has 21 heavy (non-hydrogen) atoms. The summed E-state index contributed by atoms with van der Waals surface area (Å²) in [4.78, 5) is 0. The Morgan fingerprint density at radius 1 is 1.00 bits per heavy atom. The van der Waals surface area contributed by atoms with Gasteiger partial charge in [0.25, 0.3) is 0 Å². The Kier molecular flexibility index (Phi) is 3.98. The maximum atomic E-state index is 5.49. The largest absolute Gasteiger partial charge is 0.496 e. The monoisotopic (exact) mass is 281 g/mol. The summed E-state index contributed by atoms with van der Waals surface area (Å²) in [6.07, 6.45) is 2.61. The van der Waals surface area contributed by atoms with Gasteiger partial charge in [-0.25, -0.2) is 0 Å². The predicted molar refractivity (Wildman–Crippen MR) is 87.8 cm³/mol. The van der Waals surface area contributed by atoms with Crippen LogP contribution in [0.1, 0.15) is 29.5 Å². The van der Waals surface area contributed by atoms with Gasteiger partial charge in [0, 0.05) is 18.2 Å². The Morgan fingerprint density at radius 2 is 1.71 bits per heavy atom. The molecule has 0 saturated heterocycles. The van der Waals surface area contributed by atoms with E-state index in [4.69, 9.17) is 4.74 Å². The van der Waals surface area contributed by atoms with E-state index in [1.54, 1.807) is 7.11 Å². The van der Waals surface area contributed by atoms with Crippen molar-refractivity contribution in [3.05, 3.63) is 53.1 Å². The third-order valence-corrected chi connectivity index (χ3v) is 4.28. The molecular weight excluding hydrogens is 258 g/mol. The summed E-state index contributed by atoms with van der Waals surface area (Å²) in [6.45, 7) is 5.20. The number of nitrogens with one attached hydrogen (secondary N) is 1. The van der Waals surface area contributed by atoms with Crippen molar-refractivity contribution in [1.82, 2.24) is 5.32 Å². The highest BCUT2D eigenvalue weighted by atomic mass is 16.5. The molecule has 0 heterocycles. The average molecular weight is 281 g/mol. The summed E-state index contributed by atoms with van der Waals surface area (Å²) in [5.41, 5.74) is 6.43. The van der Waals surface area contributed by atoms with Gasteiger partial charge in [-0.15, -0.1) is 0 Å². The van der Waals surface area contributed by atoms with Gasteiger partial charge in [0.05, 0.1) is 7.11 Å². The normalized spacial score (nSPS) is 14.2. The zero-order valence-electron chi connectivity index (χ0n) is 13.1. The Bertz CT molecular complexity index is 644.